The van der Waals surface area contributed by atoms with E-state index in [2.05, 4.69) is 9.97 Å². The van der Waals surface area contributed by atoms with Crippen molar-refractivity contribution in [3.8, 4) is 0 Å². The molecule has 0 aliphatic rings. The number of carboxylic acid groups (broad SMARTS) is 1. The molecule has 1 aromatic heterocycles. The third-order valence-corrected chi connectivity index (χ3v) is 1.40. The SMILES string of the molecule is Cl.O=C(O)/C=C/CCc1cnc[nH]1. The number of rotatable bonds is 4. The molecule has 4 nitrogen and oxygen atoms in total. The first-order valence-corrected chi connectivity index (χ1v) is 3.66. The number of aliphatic carboxylic acids is 1. The lowest BCUT2D eigenvalue weighted by Crippen LogP contribution is -1.87. The molecule has 72 valence electrons. The molecule has 0 unspecified atom stereocenters. The second-order valence-electron chi connectivity index (χ2n) is 2.36. The van der Waals surface area contributed by atoms with E-state index in [-0.39, 0.29) is 12.4 Å². The van der Waals surface area contributed by atoms with Gasteiger partial charge in [-0.3, -0.25) is 0 Å². The van der Waals surface area contributed by atoms with Crippen molar-refractivity contribution in [1.29, 1.82) is 0 Å². The summed E-state index contributed by atoms with van der Waals surface area (Å²) in [5, 5.41) is 8.26. The molecular formula is C8H11ClN2O2. The summed E-state index contributed by atoms with van der Waals surface area (Å²) < 4.78 is 0. The van der Waals surface area contributed by atoms with Crippen LogP contribution in [0, 0.1) is 0 Å². The maximum Gasteiger partial charge on any atom is 0.327 e. The van der Waals surface area contributed by atoms with Crippen LogP contribution in [0.2, 0.25) is 0 Å². The average Bonchev–Trinajstić information content (AvgIpc) is 2.49. The summed E-state index contributed by atoms with van der Waals surface area (Å²) in [4.78, 5) is 16.8. The van der Waals surface area contributed by atoms with Gasteiger partial charge in [0.2, 0.25) is 0 Å². The summed E-state index contributed by atoms with van der Waals surface area (Å²) >= 11 is 0. The molecule has 2 N–H and O–H groups in total. The largest absolute Gasteiger partial charge is 0.478 e. The Kier molecular flexibility index (Phi) is 5.63. The van der Waals surface area contributed by atoms with Crippen molar-refractivity contribution in [3.63, 3.8) is 0 Å². The molecule has 0 radical (unpaired) electrons. The normalized spacial score (nSPS) is 9.85. The Hall–Kier alpha value is -1.29. The summed E-state index contributed by atoms with van der Waals surface area (Å²) in [7, 11) is 0. The predicted octanol–water partition coefficient (Wildman–Crippen LogP) is 1.40. The van der Waals surface area contributed by atoms with Crippen LogP contribution in [-0.2, 0) is 11.2 Å². The fourth-order valence-electron chi connectivity index (χ4n) is 0.844. The van der Waals surface area contributed by atoms with Crippen molar-refractivity contribution in [3.05, 3.63) is 30.4 Å². The zero-order valence-electron chi connectivity index (χ0n) is 6.93. The summed E-state index contributed by atoms with van der Waals surface area (Å²) in [6.07, 6.45) is 7.63. The molecule has 0 atom stereocenters. The number of halogens is 1. The van der Waals surface area contributed by atoms with Gasteiger partial charge in [0.25, 0.3) is 0 Å². The Morgan fingerprint density at radius 1 is 1.69 bits per heavy atom. The highest BCUT2D eigenvalue weighted by molar-refractivity contribution is 5.85. The van der Waals surface area contributed by atoms with Crippen LogP contribution < -0.4 is 0 Å². The van der Waals surface area contributed by atoms with Gasteiger partial charge in [-0.1, -0.05) is 6.08 Å². The van der Waals surface area contributed by atoms with E-state index in [1.165, 1.54) is 0 Å². The average molecular weight is 203 g/mol. The van der Waals surface area contributed by atoms with Crippen molar-refractivity contribution in [2.75, 3.05) is 0 Å². The van der Waals surface area contributed by atoms with E-state index in [1.54, 1.807) is 18.6 Å². The second kappa shape index (κ2) is 6.25. The fourth-order valence-corrected chi connectivity index (χ4v) is 0.844. The van der Waals surface area contributed by atoms with Gasteiger partial charge in [0.15, 0.2) is 0 Å². The lowest BCUT2D eigenvalue weighted by atomic mass is 10.2. The number of aromatic nitrogens is 2. The van der Waals surface area contributed by atoms with Gasteiger partial charge in [0.1, 0.15) is 0 Å². The van der Waals surface area contributed by atoms with Gasteiger partial charge in [-0.15, -0.1) is 12.4 Å². The van der Waals surface area contributed by atoms with Gasteiger partial charge in [-0.2, -0.15) is 0 Å². The lowest BCUT2D eigenvalue weighted by molar-refractivity contribution is -0.131. The van der Waals surface area contributed by atoms with Gasteiger partial charge in [-0.05, 0) is 12.8 Å². The summed E-state index contributed by atoms with van der Waals surface area (Å²) in [5.74, 6) is -0.903. The van der Waals surface area contributed by atoms with Crippen molar-refractivity contribution < 1.29 is 9.90 Å². The first-order chi connectivity index (χ1) is 5.79. The Morgan fingerprint density at radius 3 is 3.00 bits per heavy atom. The first-order valence-electron chi connectivity index (χ1n) is 3.66. The molecule has 1 heterocycles. The molecule has 13 heavy (non-hydrogen) atoms. The van der Waals surface area contributed by atoms with E-state index in [4.69, 9.17) is 5.11 Å². The highest BCUT2D eigenvalue weighted by atomic mass is 35.5. The van der Waals surface area contributed by atoms with E-state index >= 15 is 0 Å². The van der Waals surface area contributed by atoms with Gasteiger partial charge in [0, 0.05) is 18.0 Å². The van der Waals surface area contributed by atoms with Gasteiger partial charge in [0.05, 0.1) is 6.33 Å². The van der Waals surface area contributed by atoms with Crippen LogP contribution >= 0.6 is 12.4 Å². The zero-order chi connectivity index (χ0) is 8.81. The molecule has 0 aliphatic heterocycles. The molecule has 0 amide bonds. The number of allylic oxidation sites excluding steroid dienone is 1. The molecule has 0 saturated heterocycles. The molecule has 1 rings (SSSR count). The molecule has 0 spiro atoms. The van der Waals surface area contributed by atoms with Crippen molar-refractivity contribution in [2.24, 2.45) is 0 Å². The summed E-state index contributed by atoms with van der Waals surface area (Å²) in [5.41, 5.74) is 1.02. The molecule has 0 aromatic carbocycles. The minimum atomic E-state index is -0.903. The second-order valence-corrected chi connectivity index (χ2v) is 2.36. The number of imidazole rings is 1. The van der Waals surface area contributed by atoms with E-state index in [0.717, 1.165) is 18.2 Å². The monoisotopic (exact) mass is 202 g/mol. The molecular weight excluding hydrogens is 192 g/mol. The molecule has 1 aromatic rings. The van der Waals surface area contributed by atoms with Crippen LogP contribution in [0.3, 0.4) is 0 Å². The highest BCUT2D eigenvalue weighted by Crippen LogP contribution is 1.97. The number of carbonyl (C=O) groups is 1. The molecule has 0 aliphatic carbocycles. The van der Waals surface area contributed by atoms with Crippen molar-refractivity contribution >= 4 is 18.4 Å². The third kappa shape index (κ3) is 5.03. The first kappa shape index (κ1) is 11.7. The van der Waals surface area contributed by atoms with E-state index < -0.39 is 5.97 Å². The van der Waals surface area contributed by atoms with Crippen LogP contribution in [0.15, 0.2) is 24.7 Å². The van der Waals surface area contributed by atoms with Crippen molar-refractivity contribution in [1.82, 2.24) is 9.97 Å². The third-order valence-electron chi connectivity index (χ3n) is 1.40. The fraction of sp³-hybridized carbons (Fsp3) is 0.250. The quantitative estimate of drug-likeness (QED) is 0.726. The molecule has 0 fully saturated rings. The Morgan fingerprint density at radius 2 is 2.46 bits per heavy atom. The van der Waals surface area contributed by atoms with E-state index in [9.17, 15) is 4.79 Å². The number of aryl methyl sites for hydroxylation is 1. The number of nitrogens with one attached hydrogen (secondary N) is 1. The number of nitrogens with zero attached hydrogens (tertiary/aromatic N) is 1. The zero-order valence-corrected chi connectivity index (χ0v) is 7.75. The molecule has 0 saturated carbocycles. The Balaban J connectivity index is 0.00000144. The Bertz CT molecular complexity index is 270. The number of aromatic amines is 1. The van der Waals surface area contributed by atoms with E-state index in [1.807, 2.05) is 0 Å². The predicted molar refractivity (Wildman–Crippen MR) is 50.9 cm³/mol. The minimum absolute atomic E-state index is 0. The smallest absolute Gasteiger partial charge is 0.327 e. The van der Waals surface area contributed by atoms with Crippen molar-refractivity contribution in [2.45, 2.75) is 12.8 Å². The lowest BCUT2D eigenvalue weighted by Gasteiger charge is -1.89. The maximum atomic E-state index is 10.1. The van der Waals surface area contributed by atoms with Crippen LogP contribution in [-0.4, -0.2) is 21.0 Å². The Labute approximate surface area is 82.1 Å². The molecule has 5 heteroatoms. The maximum absolute atomic E-state index is 10.1. The van der Waals surface area contributed by atoms with Gasteiger partial charge >= 0.3 is 5.97 Å². The van der Waals surface area contributed by atoms with E-state index in [0.29, 0.717) is 6.42 Å². The van der Waals surface area contributed by atoms with Crippen LogP contribution in [0.5, 0.6) is 0 Å². The summed E-state index contributed by atoms with van der Waals surface area (Å²) in [6.45, 7) is 0. The number of hydrogen-bond donors (Lipinski definition) is 2. The number of hydrogen-bond acceptors (Lipinski definition) is 2. The van der Waals surface area contributed by atoms with Crippen LogP contribution in [0.4, 0.5) is 0 Å². The number of H-pyrrole nitrogens is 1. The number of carboxylic acids is 1. The standard InChI is InChI=1S/C8H10N2O2.ClH/c11-8(12)4-2-1-3-7-5-9-6-10-7;/h2,4-6H,1,3H2,(H,9,10)(H,11,12);1H/b4-2+;. The highest BCUT2D eigenvalue weighted by Gasteiger charge is 1.90. The summed E-state index contributed by atoms with van der Waals surface area (Å²) in [6, 6.07) is 0. The topological polar surface area (TPSA) is 66.0 Å². The van der Waals surface area contributed by atoms with Crippen LogP contribution in [0.25, 0.3) is 0 Å². The van der Waals surface area contributed by atoms with Gasteiger partial charge in [-0.25, -0.2) is 9.78 Å². The molecule has 0 bridgehead atoms. The van der Waals surface area contributed by atoms with Gasteiger partial charge < -0.3 is 10.1 Å². The van der Waals surface area contributed by atoms with Crippen LogP contribution in [0.1, 0.15) is 12.1 Å². The minimum Gasteiger partial charge on any atom is -0.478 e.